The normalized spacial score (nSPS) is 10.7. The quantitative estimate of drug-likeness (QED) is 0.395. The predicted octanol–water partition coefficient (Wildman–Crippen LogP) is 1.00. The molecule has 0 saturated heterocycles. The van der Waals surface area contributed by atoms with Gasteiger partial charge in [0.1, 0.15) is 25.4 Å². The molecule has 0 saturated carbocycles. The molecule has 2 aromatic carbocycles. The summed E-state index contributed by atoms with van der Waals surface area (Å²) in [6.07, 6.45) is 0. The molecule has 1 N–H and O–H groups in total. The highest BCUT2D eigenvalue weighted by atomic mass is 35.5. The average Bonchev–Trinajstić information content (AvgIpc) is 2.71. The Balaban J connectivity index is 0.00000256. The number of carboxylic acid groups (broad SMARTS) is 1. The number of benzene rings is 3. The maximum Gasteiger partial charge on any atom is 0.335 e. The Morgan fingerprint density at radius 2 is 1.67 bits per heavy atom. The number of carboxylic acids is 1. The second-order valence-electron chi connectivity index (χ2n) is 7.51. The maximum atomic E-state index is 11.3. The molecule has 0 fully saturated rings. The van der Waals surface area contributed by atoms with Crippen LogP contribution in [0.15, 0.2) is 65.1 Å². The van der Waals surface area contributed by atoms with E-state index < -0.39 is 5.97 Å². The summed E-state index contributed by atoms with van der Waals surface area (Å²) in [4.78, 5) is 13.3. The van der Waals surface area contributed by atoms with Crippen molar-refractivity contribution in [3.05, 3.63) is 71.6 Å². The monoisotopic (exact) mass is 422 g/mol. The molecule has 4 rings (SSSR count). The Morgan fingerprint density at radius 3 is 2.27 bits per heavy atom. The van der Waals surface area contributed by atoms with Crippen LogP contribution in [0.3, 0.4) is 0 Å². The van der Waals surface area contributed by atoms with Gasteiger partial charge in [-0.15, -0.1) is 0 Å². The van der Waals surface area contributed by atoms with Crippen LogP contribution in [-0.4, -0.2) is 39.3 Å². The van der Waals surface area contributed by atoms with Gasteiger partial charge in [-0.3, -0.25) is 0 Å². The summed E-state index contributed by atoms with van der Waals surface area (Å²) in [5.74, 6) is -0.141. The molecule has 0 radical (unpaired) electrons. The van der Waals surface area contributed by atoms with Crippen LogP contribution in [0.4, 0.5) is 5.69 Å². The third-order valence-electron chi connectivity index (χ3n) is 5.14. The highest BCUT2D eigenvalue weighted by Gasteiger charge is 2.18. The number of nitrogens with zero attached hydrogens (tertiary/aromatic N) is 2. The van der Waals surface area contributed by atoms with E-state index in [2.05, 4.69) is 24.3 Å². The summed E-state index contributed by atoms with van der Waals surface area (Å²) >= 11 is 0. The van der Waals surface area contributed by atoms with Crippen molar-refractivity contribution in [2.45, 2.75) is 0 Å². The van der Waals surface area contributed by atoms with Crippen LogP contribution in [-0.2, 0) is 0 Å². The first kappa shape index (κ1) is 21.4. The molecule has 2 aromatic rings. The summed E-state index contributed by atoms with van der Waals surface area (Å²) in [6, 6.07) is 19.3. The molecule has 0 bridgehead atoms. The van der Waals surface area contributed by atoms with E-state index in [0.29, 0.717) is 0 Å². The second kappa shape index (κ2) is 8.20. The zero-order valence-electron chi connectivity index (χ0n) is 17.3. The zero-order chi connectivity index (χ0) is 20.7. The molecule has 1 aliphatic heterocycles. The van der Waals surface area contributed by atoms with E-state index in [1.54, 1.807) is 12.1 Å². The number of aromatic carboxylic acids is 1. The largest absolute Gasteiger partial charge is 1.00 e. The van der Waals surface area contributed by atoms with Crippen molar-refractivity contribution >= 4 is 22.6 Å². The lowest BCUT2D eigenvalue weighted by molar-refractivity contribution is -0.0000218. The molecular weight excluding hydrogens is 400 g/mol. The smallest absolute Gasteiger partial charge is 0.335 e. The minimum absolute atomic E-state index is 0. The van der Waals surface area contributed by atoms with E-state index in [-0.39, 0.29) is 18.0 Å². The molecule has 154 valence electrons. The van der Waals surface area contributed by atoms with Crippen LogP contribution >= 0.6 is 0 Å². The van der Waals surface area contributed by atoms with Gasteiger partial charge in [0.25, 0.3) is 0 Å². The molecule has 2 aliphatic rings. The van der Waals surface area contributed by atoms with Gasteiger partial charge < -0.3 is 26.8 Å². The average molecular weight is 423 g/mol. The summed E-state index contributed by atoms with van der Waals surface area (Å²) in [7, 11) is 7.99. The fraction of sp³-hybridized carbons (Fsp3) is 0.167. The number of anilines is 1. The predicted molar refractivity (Wildman–Crippen MR) is 117 cm³/mol. The van der Waals surface area contributed by atoms with E-state index in [4.69, 9.17) is 4.42 Å². The molecule has 6 heteroatoms. The van der Waals surface area contributed by atoms with Crippen LogP contribution in [0.2, 0.25) is 0 Å². The second-order valence-corrected chi connectivity index (χ2v) is 7.51. The number of halogens is 1. The fourth-order valence-corrected chi connectivity index (χ4v) is 3.51. The van der Waals surface area contributed by atoms with E-state index in [0.717, 1.165) is 44.5 Å². The van der Waals surface area contributed by atoms with Gasteiger partial charge >= 0.3 is 5.97 Å². The Labute approximate surface area is 181 Å². The first-order valence-electron chi connectivity index (χ1n) is 9.37. The fourth-order valence-electron chi connectivity index (χ4n) is 3.51. The van der Waals surface area contributed by atoms with Crippen LogP contribution in [0.5, 0.6) is 0 Å². The standard InChI is InChI=1S/C24H22N2O3.ClH/c1-25(2)17-9-11-19-21(13-17)29-22-14-18(26(3)4)10-12-20(22)23(19)15-5-7-16(8-6-15)24(27)28;/h5-14H,1-4H3;1H. The Kier molecular flexibility index (Phi) is 5.85. The van der Waals surface area contributed by atoms with E-state index >= 15 is 0 Å². The third kappa shape index (κ3) is 3.76. The lowest BCUT2D eigenvalue weighted by atomic mass is 9.93. The number of fused-ring (bicyclic) bond motifs is 2. The van der Waals surface area contributed by atoms with Gasteiger partial charge in [-0.1, -0.05) is 12.1 Å². The first-order chi connectivity index (χ1) is 13.8. The lowest BCUT2D eigenvalue weighted by Gasteiger charge is -2.18. The van der Waals surface area contributed by atoms with E-state index in [9.17, 15) is 9.90 Å². The minimum atomic E-state index is -0.930. The van der Waals surface area contributed by atoms with Crippen molar-refractivity contribution in [3.8, 4) is 22.5 Å². The van der Waals surface area contributed by atoms with Crippen LogP contribution in [0.1, 0.15) is 10.4 Å². The molecule has 1 aliphatic carbocycles. The van der Waals surface area contributed by atoms with E-state index in [1.165, 1.54) is 0 Å². The molecule has 0 aromatic heterocycles. The van der Waals surface area contributed by atoms with Crippen molar-refractivity contribution in [2.24, 2.45) is 0 Å². The van der Waals surface area contributed by atoms with Crippen molar-refractivity contribution in [1.29, 1.82) is 0 Å². The zero-order valence-corrected chi connectivity index (χ0v) is 18.1. The minimum Gasteiger partial charge on any atom is -1.00 e. The lowest BCUT2D eigenvalue weighted by Crippen LogP contribution is -3.00. The molecule has 30 heavy (non-hydrogen) atoms. The summed E-state index contributed by atoms with van der Waals surface area (Å²) in [5.41, 5.74) is 5.09. The van der Waals surface area contributed by atoms with Crippen molar-refractivity contribution in [3.63, 3.8) is 0 Å². The number of hydrogen-bond donors (Lipinski definition) is 1. The number of carbonyl (C=O) groups is 1. The van der Waals surface area contributed by atoms with Gasteiger partial charge in [0, 0.05) is 48.4 Å². The molecule has 5 nitrogen and oxygen atoms in total. The van der Waals surface area contributed by atoms with Gasteiger partial charge in [0.15, 0.2) is 0 Å². The van der Waals surface area contributed by atoms with E-state index in [1.807, 2.05) is 61.9 Å². The van der Waals surface area contributed by atoms with Gasteiger partial charge in [-0.05, 0) is 35.9 Å². The highest BCUT2D eigenvalue weighted by Crippen LogP contribution is 2.40. The van der Waals surface area contributed by atoms with Gasteiger partial charge in [-0.25, -0.2) is 9.37 Å². The SMILES string of the molecule is CN(C)c1ccc2c(-c3ccc(C(=O)O)cc3)c3ccc(=[N+](C)C)cc-3oc2c1.[Cl-]. The van der Waals surface area contributed by atoms with Gasteiger partial charge in [0.05, 0.1) is 11.6 Å². The Bertz CT molecular complexity index is 1270. The molecule has 0 amide bonds. The molecule has 0 unspecified atom stereocenters. The Morgan fingerprint density at radius 1 is 0.967 bits per heavy atom. The van der Waals surface area contributed by atoms with Crippen molar-refractivity contribution in [1.82, 2.24) is 4.58 Å². The summed E-state index contributed by atoms with van der Waals surface area (Å²) in [5, 5.41) is 11.3. The topological polar surface area (TPSA) is 56.7 Å². The molecule has 1 heterocycles. The van der Waals surface area contributed by atoms with Crippen molar-refractivity contribution in [2.75, 3.05) is 33.1 Å². The van der Waals surface area contributed by atoms with Gasteiger partial charge in [0.2, 0.25) is 5.36 Å². The van der Waals surface area contributed by atoms with Crippen molar-refractivity contribution < 1.29 is 26.7 Å². The number of hydrogen-bond acceptors (Lipinski definition) is 3. The molecular formula is C24H23ClN2O3. The summed E-state index contributed by atoms with van der Waals surface area (Å²) < 4.78 is 8.34. The van der Waals surface area contributed by atoms with Gasteiger partial charge in [-0.2, -0.15) is 0 Å². The van der Waals surface area contributed by atoms with Crippen LogP contribution in [0.25, 0.3) is 33.4 Å². The molecule has 0 atom stereocenters. The first-order valence-corrected chi connectivity index (χ1v) is 9.37. The third-order valence-corrected chi connectivity index (χ3v) is 5.14. The highest BCUT2D eigenvalue weighted by molar-refractivity contribution is 6.03. The van der Waals surface area contributed by atoms with Crippen LogP contribution in [0, 0.1) is 0 Å². The summed E-state index contributed by atoms with van der Waals surface area (Å²) in [6.45, 7) is 0. The Hall–Kier alpha value is -3.31. The maximum absolute atomic E-state index is 11.3. The molecule has 0 spiro atoms. The van der Waals surface area contributed by atoms with Crippen LogP contribution < -0.4 is 27.2 Å². The number of rotatable bonds is 3.